The minimum absolute atomic E-state index is 0.0575. The van der Waals surface area contributed by atoms with Gasteiger partial charge in [0.05, 0.1) is 18.7 Å². The Kier molecular flexibility index (Phi) is 4.65. The molecule has 0 radical (unpaired) electrons. The molecule has 0 saturated heterocycles. The van der Waals surface area contributed by atoms with E-state index in [4.69, 9.17) is 5.11 Å². The van der Waals surface area contributed by atoms with Gasteiger partial charge in [0.2, 0.25) is 5.91 Å². The molecule has 1 atom stereocenters. The summed E-state index contributed by atoms with van der Waals surface area (Å²) >= 11 is 1.53. The average Bonchev–Trinajstić information content (AvgIpc) is 2.88. The number of rotatable bonds is 5. The van der Waals surface area contributed by atoms with E-state index in [-0.39, 0.29) is 25.0 Å². The van der Waals surface area contributed by atoms with E-state index in [1.165, 1.54) is 11.3 Å². The predicted molar refractivity (Wildman–Crippen MR) is 75.9 cm³/mol. The van der Waals surface area contributed by atoms with Gasteiger partial charge in [-0.05, 0) is 6.92 Å². The SMILES string of the molecule is C[C@@H](CO)NC(=O)Cc1csc(-c2ccccc2)n1. The van der Waals surface area contributed by atoms with Crippen LogP contribution in [0.15, 0.2) is 35.7 Å². The number of nitrogens with one attached hydrogen (secondary N) is 1. The number of hydrogen-bond donors (Lipinski definition) is 2. The maximum absolute atomic E-state index is 11.7. The van der Waals surface area contributed by atoms with Gasteiger partial charge in [0.25, 0.3) is 0 Å². The predicted octanol–water partition coefficient (Wildman–Crippen LogP) is 1.85. The molecule has 1 aromatic heterocycles. The summed E-state index contributed by atoms with van der Waals surface area (Å²) in [6.45, 7) is 1.70. The molecular formula is C14H16N2O2S. The maximum Gasteiger partial charge on any atom is 0.226 e. The first-order chi connectivity index (χ1) is 9.19. The minimum atomic E-state index is -0.222. The molecule has 0 aliphatic heterocycles. The van der Waals surface area contributed by atoms with Crippen molar-refractivity contribution in [2.24, 2.45) is 0 Å². The fourth-order valence-electron chi connectivity index (χ4n) is 1.64. The van der Waals surface area contributed by atoms with Crippen molar-refractivity contribution >= 4 is 17.2 Å². The second-order valence-corrected chi connectivity index (χ2v) is 5.20. The van der Waals surface area contributed by atoms with Crippen molar-refractivity contribution in [3.63, 3.8) is 0 Å². The van der Waals surface area contributed by atoms with E-state index in [1.807, 2.05) is 35.7 Å². The highest BCUT2D eigenvalue weighted by atomic mass is 32.1. The number of hydrogen-bond acceptors (Lipinski definition) is 4. The molecule has 0 saturated carbocycles. The average molecular weight is 276 g/mol. The van der Waals surface area contributed by atoms with Crippen molar-refractivity contribution in [3.05, 3.63) is 41.4 Å². The second-order valence-electron chi connectivity index (χ2n) is 4.34. The van der Waals surface area contributed by atoms with Gasteiger partial charge in [-0.3, -0.25) is 4.79 Å². The molecule has 2 rings (SSSR count). The number of aromatic nitrogens is 1. The molecule has 0 aliphatic carbocycles. The lowest BCUT2D eigenvalue weighted by molar-refractivity contribution is -0.121. The van der Waals surface area contributed by atoms with Crippen LogP contribution in [0.25, 0.3) is 10.6 Å². The first kappa shape index (κ1) is 13.7. The number of carbonyl (C=O) groups excluding carboxylic acids is 1. The quantitative estimate of drug-likeness (QED) is 0.876. The molecule has 1 heterocycles. The van der Waals surface area contributed by atoms with Crippen LogP contribution >= 0.6 is 11.3 Å². The molecule has 4 nitrogen and oxygen atoms in total. The zero-order valence-electron chi connectivity index (χ0n) is 10.7. The lowest BCUT2D eigenvalue weighted by Gasteiger charge is -2.09. The Morgan fingerprint density at radius 2 is 2.16 bits per heavy atom. The number of thiazole rings is 1. The minimum Gasteiger partial charge on any atom is -0.394 e. The molecule has 1 aromatic carbocycles. The van der Waals surface area contributed by atoms with Gasteiger partial charge >= 0.3 is 0 Å². The first-order valence-corrected chi connectivity index (χ1v) is 6.97. The maximum atomic E-state index is 11.7. The van der Waals surface area contributed by atoms with Crippen molar-refractivity contribution in [1.29, 1.82) is 0 Å². The van der Waals surface area contributed by atoms with Crippen molar-refractivity contribution in [1.82, 2.24) is 10.3 Å². The summed E-state index contributed by atoms with van der Waals surface area (Å²) < 4.78 is 0. The van der Waals surface area contributed by atoms with Crippen molar-refractivity contribution in [2.45, 2.75) is 19.4 Å². The van der Waals surface area contributed by atoms with Crippen LogP contribution in [0, 0.1) is 0 Å². The van der Waals surface area contributed by atoms with Gasteiger partial charge < -0.3 is 10.4 Å². The second kappa shape index (κ2) is 6.45. The molecule has 5 heteroatoms. The van der Waals surface area contributed by atoms with Gasteiger partial charge in [0.1, 0.15) is 5.01 Å². The first-order valence-electron chi connectivity index (χ1n) is 6.09. The molecule has 2 aromatic rings. The van der Waals surface area contributed by atoms with Crippen LogP contribution in [-0.2, 0) is 11.2 Å². The molecule has 2 N–H and O–H groups in total. The number of aliphatic hydroxyl groups is 1. The summed E-state index contributed by atoms with van der Waals surface area (Å²) in [7, 11) is 0. The fraction of sp³-hybridized carbons (Fsp3) is 0.286. The summed E-state index contributed by atoms with van der Waals surface area (Å²) in [5, 5.41) is 14.4. The third kappa shape index (κ3) is 3.87. The fourth-order valence-corrected chi connectivity index (χ4v) is 2.46. The lowest BCUT2D eigenvalue weighted by Crippen LogP contribution is -2.36. The van der Waals surface area contributed by atoms with Crippen LogP contribution in [0.2, 0.25) is 0 Å². The Hall–Kier alpha value is -1.72. The van der Waals surface area contributed by atoms with E-state index in [2.05, 4.69) is 10.3 Å². The highest BCUT2D eigenvalue weighted by molar-refractivity contribution is 7.13. The van der Waals surface area contributed by atoms with Gasteiger partial charge in [-0.15, -0.1) is 11.3 Å². The normalized spacial score (nSPS) is 12.1. The zero-order valence-corrected chi connectivity index (χ0v) is 11.5. The summed E-state index contributed by atoms with van der Waals surface area (Å²) in [5.41, 5.74) is 1.81. The van der Waals surface area contributed by atoms with E-state index in [0.29, 0.717) is 0 Å². The summed E-state index contributed by atoms with van der Waals surface area (Å²) in [6, 6.07) is 9.66. The largest absolute Gasteiger partial charge is 0.394 e. The van der Waals surface area contributed by atoms with Crippen LogP contribution in [0.1, 0.15) is 12.6 Å². The summed E-state index contributed by atoms with van der Waals surface area (Å²) in [6.07, 6.45) is 0.244. The highest BCUT2D eigenvalue weighted by Crippen LogP contribution is 2.23. The van der Waals surface area contributed by atoms with Crippen molar-refractivity contribution < 1.29 is 9.90 Å². The Labute approximate surface area is 116 Å². The van der Waals surface area contributed by atoms with E-state index in [0.717, 1.165) is 16.3 Å². The van der Waals surface area contributed by atoms with Crippen LogP contribution in [0.5, 0.6) is 0 Å². The highest BCUT2D eigenvalue weighted by Gasteiger charge is 2.10. The van der Waals surface area contributed by atoms with Gasteiger partial charge in [0, 0.05) is 17.0 Å². The smallest absolute Gasteiger partial charge is 0.226 e. The van der Waals surface area contributed by atoms with Crippen LogP contribution in [0.3, 0.4) is 0 Å². The number of aliphatic hydroxyl groups excluding tert-OH is 1. The monoisotopic (exact) mass is 276 g/mol. The number of carbonyl (C=O) groups is 1. The number of benzene rings is 1. The molecule has 0 aliphatic rings. The van der Waals surface area contributed by atoms with Crippen molar-refractivity contribution in [3.8, 4) is 10.6 Å². The third-order valence-corrected chi connectivity index (χ3v) is 3.54. The topological polar surface area (TPSA) is 62.2 Å². The Morgan fingerprint density at radius 1 is 1.42 bits per heavy atom. The molecule has 19 heavy (non-hydrogen) atoms. The molecule has 0 spiro atoms. The van der Waals surface area contributed by atoms with Gasteiger partial charge in [0.15, 0.2) is 0 Å². The Balaban J connectivity index is 2.00. The van der Waals surface area contributed by atoms with Crippen LogP contribution in [0.4, 0.5) is 0 Å². The summed E-state index contributed by atoms with van der Waals surface area (Å²) in [5.74, 6) is -0.119. The van der Waals surface area contributed by atoms with E-state index >= 15 is 0 Å². The summed E-state index contributed by atoms with van der Waals surface area (Å²) in [4.78, 5) is 16.1. The molecule has 1 amide bonds. The third-order valence-electron chi connectivity index (χ3n) is 2.60. The molecular weight excluding hydrogens is 260 g/mol. The van der Waals surface area contributed by atoms with Gasteiger partial charge in [-0.2, -0.15) is 0 Å². The van der Waals surface area contributed by atoms with E-state index < -0.39 is 0 Å². The molecule has 0 bridgehead atoms. The zero-order chi connectivity index (χ0) is 13.7. The Morgan fingerprint density at radius 3 is 2.84 bits per heavy atom. The van der Waals surface area contributed by atoms with Crippen LogP contribution < -0.4 is 5.32 Å². The van der Waals surface area contributed by atoms with Crippen LogP contribution in [-0.4, -0.2) is 28.6 Å². The van der Waals surface area contributed by atoms with E-state index in [9.17, 15) is 4.79 Å². The molecule has 0 fully saturated rings. The number of amides is 1. The van der Waals surface area contributed by atoms with E-state index in [1.54, 1.807) is 6.92 Å². The molecule has 0 unspecified atom stereocenters. The lowest BCUT2D eigenvalue weighted by atomic mass is 10.2. The standard InChI is InChI=1S/C14H16N2O2S/c1-10(8-17)15-13(18)7-12-9-19-14(16-12)11-5-3-2-4-6-11/h2-6,9-10,17H,7-8H2,1H3,(H,15,18)/t10-/m0/s1. The molecule has 100 valence electrons. The van der Waals surface area contributed by atoms with Crippen molar-refractivity contribution in [2.75, 3.05) is 6.61 Å². The van der Waals surface area contributed by atoms with Gasteiger partial charge in [-0.25, -0.2) is 4.98 Å². The van der Waals surface area contributed by atoms with Gasteiger partial charge in [-0.1, -0.05) is 30.3 Å². The number of nitrogens with zero attached hydrogens (tertiary/aromatic N) is 1. The Bertz CT molecular complexity index is 539.